The first-order valence-electron chi connectivity index (χ1n) is 45.0. The first-order chi connectivity index (χ1) is 61.8. The van der Waals surface area contributed by atoms with Gasteiger partial charge in [0.25, 0.3) is 0 Å². The normalized spacial score (nSPS) is 9.95. The largest absolute Gasteiger partial charge is 0.462 e. The Morgan fingerprint density at radius 1 is 0.175 bits per heavy atom. The Bertz CT molecular complexity index is 4090. The number of nitrogens with zero attached hydrogens (tertiary/aromatic N) is 6. The summed E-state index contributed by atoms with van der Waals surface area (Å²) in [5.41, 5.74) is 2.30. The van der Waals surface area contributed by atoms with Crippen LogP contribution in [0.4, 0.5) is 0 Å². The molecular weight excluding hydrogens is 1570 g/mol. The summed E-state index contributed by atoms with van der Waals surface area (Å²) in [7, 11) is 0. The highest BCUT2D eigenvalue weighted by atomic mass is 16.6. The van der Waals surface area contributed by atoms with Crippen molar-refractivity contribution in [2.24, 2.45) is 0 Å². The van der Waals surface area contributed by atoms with Gasteiger partial charge in [-0.2, -0.15) is 0 Å². The summed E-state index contributed by atoms with van der Waals surface area (Å²) in [5, 5.41) is 0. The summed E-state index contributed by atoms with van der Waals surface area (Å²) < 4.78 is 34.5. The number of rotatable bonds is 48. The fraction of sp³-hybridized carbons (Fsp3) is 0.444. The van der Waals surface area contributed by atoms with Crippen LogP contribution < -0.4 is 0 Å². The molecule has 648 valence electrons. The van der Waals surface area contributed by atoms with Crippen molar-refractivity contribution in [3.63, 3.8) is 0 Å². The SMILES string of the molecule is CCCCCCCCOC(=O)c1cc2c#cc#cc3cc(C(=O)OCCCCCCCC)cc(c#cc#cc4cc(C(=O)OCCCCCCCC)cc(c#cc#cc5cc(C(=O)OCCCCCCCC)cc(c#cc#cc6cc(C(=O)OCCCCCCCC)cc(c#cc#cc7cc(C(=O)OCCCCCCCC)cc(c#cc#cc(c1)n2)n7)n6)n5)n4)n3. The number of ether oxygens (including phenoxy) is 6. The number of hydrogen-bond donors (Lipinski definition) is 0. The second-order valence-electron chi connectivity index (χ2n) is 30.2. The molecule has 0 saturated carbocycles. The van der Waals surface area contributed by atoms with Crippen LogP contribution in [0, 0.1) is 146 Å². The van der Waals surface area contributed by atoms with Crippen molar-refractivity contribution in [3.05, 3.63) is 252 Å². The monoisotopic (exact) mass is 1690 g/mol. The lowest BCUT2D eigenvalue weighted by atomic mass is 10.1. The molecule has 0 spiro atoms. The van der Waals surface area contributed by atoms with Gasteiger partial charge in [0, 0.05) is 0 Å². The number of pyridine rings is 6. The molecule has 7 aromatic heterocycles. The lowest BCUT2D eigenvalue weighted by Gasteiger charge is -2.05. The van der Waals surface area contributed by atoms with Gasteiger partial charge in [-0.05, 0) is 257 Å². The zero-order valence-corrected chi connectivity index (χ0v) is 74.2. The fourth-order valence-electron chi connectivity index (χ4n) is 12.6. The van der Waals surface area contributed by atoms with E-state index in [2.05, 4.69) is 217 Å². The van der Waals surface area contributed by atoms with Crippen LogP contribution >= 0.6 is 0 Å². The number of hydrogen-bond acceptors (Lipinski definition) is 18. The van der Waals surface area contributed by atoms with E-state index in [0.717, 1.165) is 193 Å². The third-order valence-electron chi connectivity index (χ3n) is 19.4. The molecule has 0 N–H and O–H groups in total. The summed E-state index contributed by atoms with van der Waals surface area (Å²) in [5.74, 6) is -3.65. The van der Waals surface area contributed by atoms with E-state index in [9.17, 15) is 28.8 Å². The van der Waals surface area contributed by atoms with Crippen LogP contribution in [0.3, 0.4) is 0 Å². The summed E-state index contributed by atoms with van der Waals surface area (Å²) in [6, 6.07) is 86.6. The maximum atomic E-state index is 13.8. The molecule has 0 fully saturated rings. The van der Waals surface area contributed by atoms with Crippen molar-refractivity contribution in [2.45, 2.75) is 273 Å². The number of carbonyl (C=O) groups is 6. The summed E-state index contributed by atoms with van der Waals surface area (Å²) in [4.78, 5) is 111. The third-order valence-corrected chi connectivity index (χ3v) is 19.4. The van der Waals surface area contributed by atoms with E-state index < -0.39 is 35.8 Å². The summed E-state index contributed by atoms with van der Waals surface area (Å²) in [6.07, 6.45) is 35.6. The maximum absolute atomic E-state index is 13.8. The summed E-state index contributed by atoms with van der Waals surface area (Å²) in [6.45, 7) is 14.1. The van der Waals surface area contributed by atoms with Crippen LogP contribution in [0.15, 0.2) is 72.8 Å². The van der Waals surface area contributed by atoms with Crippen molar-refractivity contribution in [2.75, 3.05) is 39.6 Å². The minimum atomic E-state index is -0.608. The van der Waals surface area contributed by atoms with Crippen LogP contribution in [0.25, 0.3) is 66.2 Å². The van der Waals surface area contributed by atoms with E-state index in [4.69, 9.17) is 28.4 Å². The fourth-order valence-corrected chi connectivity index (χ4v) is 12.6. The number of fused-ring (bicyclic) bond motifs is 12. The van der Waals surface area contributed by atoms with Gasteiger partial charge in [-0.25, -0.2) is 58.7 Å². The Labute approximate surface area is 749 Å². The van der Waals surface area contributed by atoms with E-state index in [-0.39, 0.29) is 139 Å². The molecule has 126 heavy (non-hydrogen) atoms. The molecule has 7 rings (SSSR count). The Kier molecular flexibility index (Phi) is 48.7. The smallest absolute Gasteiger partial charge is 0.338 e. The molecule has 0 amide bonds. The zero-order chi connectivity index (χ0) is 89.5. The molecule has 0 atom stereocenters. The van der Waals surface area contributed by atoms with E-state index in [1.165, 1.54) is 72.8 Å². The van der Waals surface area contributed by atoms with Gasteiger partial charge in [0.15, 0.2) is 0 Å². The average molecular weight is 1690 g/mol. The number of esters is 6. The van der Waals surface area contributed by atoms with Crippen molar-refractivity contribution in [1.82, 2.24) is 29.9 Å². The predicted octanol–water partition coefficient (Wildman–Crippen LogP) is 23.7. The highest BCUT2D eigenvalue weighted by Gasteiger charge is 2.15. The molecule has 0 radical (unpaired) electrons. The van der Waals surface area contributed by atoms with Gasteiger partial charge in [0.1, 0.15) is 66.2 Å². The summed E-state index contributed by atoms with van der Waals surface area (Å²) >= 11 is 0. The van der Waals surface area contributed by atoms with Crippen molar-refractivity contribution >= 4 is 102 Å². The molecule has 0 aliphatic rings. The topological polar surface area (TPSA) is 235 Å². The van der Waals surface area contributed by atoms with Gasteiger partial charge in [-0.1, -0.05) is 234 Å². The number of unbranched alkanes of at least 4 members (excludes halogenated alkanes) is 30. The van der Waals surface area contributed by atoms with Gasteiger partial charge in [0.2, 0.25) is 0 Å². The lowest BCUT2D eigenvalue weighted by Crippen LogP contribution is -2.06. The van der Waals surface area contributed by atoms with Crippen LogP contribution in [-0.2, 0) is 28.4 Å². The zero-order valence-electron chi connectivity index (χ0n) is 74.2. The van der Waals surface area contributed by atoms with Gasteiger partial charge in [0.05, 0.1) is 73.0 Å². The Balaban J connectivity index is 1.45. The van der Waals surface area contributed by atoms with Gasteiger partial charge in [-0.3, -0.25) is 0 Å². The van der Waals surface area contributed by atoms with Gasteiger partial charge < -0.3 is 28.4 Å². The third kappa shape index (κ3) is 41.5. The predicted molar refractivity (Wildman–Crippen MR) is 484 cm³/mol. The Morgan fingerprint density at radius 2 is 0.278 bits per heavy atom. The number of aromatic nitrogens is 6. The second kappa shape index (κ2) is 61.7. The number of carbonyl (C=O) groups excluding carboxylic acids is 6. The van der Waals surface area contributed by atoms with Crippen molar-refractivity contribution < 1.29 is 57.2 Å². The van der Waals surface area contributed by atoms with Crippen LogP contribution in [0.5, 0.6) is 0 Å². The highest BCUT2D eigenvalue weighted by molar-refractivity contribution is 5.95. The van der Waals surface area contributed by atoms with Crippen molar-refractivity contribution in [1.29, 1.82) is 0 Å². The molecule has 0 aliphatic heterocycles. The molecule has 18 heteroatoms. The first-order valence-corrected chi connectivity index (χ1v) is 45.0. The molecule has 0 aliphatic carbocycles. The molecule has 0 aromatic carbocycles. The molecule has 12 bridgehead atoms. The highest BCUT2D eigenvalue weighted by Crippen LogP contribution is 2.18. The molecule has 0 unspecified atom stereocenters. The quantitative estimate of drug-likeness (QED) is 0.0196. The van der Waals surface area contributed by atoms with E-state index in [1.807, 2.05) is 0 Å². The van der Waals surface area contributed by atoms with E-state index in [1.54, 1.807) is 0 Å². The lowest BCUT2D eigenvalue weighted by molar-refractivity contribution is 0.0488. The minimum absolute atomic E-state index is 0.125. The van der Waals surface area contributed by atoms with E-state index in [0.29, 0.717) is 38.5 Å². The van der Waals surface area contributed by atoms with Gasteiger partial charge >= 0.3 is 35.8 Å². The minimum Gasteiger partial charge on any atom is -0.462 e. The van der Waals surface area contributed by atoms with Crippen molar-refractivity contribution in [3.8, 4) is 0 Å². The standard InChI is InChI=1S/C108H114N6O12/c1-7-13-19-25-31-49-67-121-103(115)85-73-91-55-37-39-57-93-75-86(104(116)122-68-50-32-26-20-14-8-2)77-95(110-93)59-41-43-61-97-79-88(106(118)124-70-52-34-28-22-16-10-4)81-99(112-97)63-45-47-65-101-83-90(108(120)126-72-54-36-30-24-18-12-6)84-102(114-101)66-48-46-64-100-82-89(107(119)125-71-53-35-29-23-17-11-5)80-98(113-100)62-44-42-60-96-78-87(105(117)123-69-51-33-27-21-15-9-3)76-94(111-96)58-40-38-56-92(74-85)109-91/h73-84H,7-36,49-54,67-72H2,1-6H3. The molecule has 0 saturated heterocycles. The molecule has 7 aromatic rings. The molecule has 18 nitrogen and oxygen atoms in total. The maximum Gasteiger partial charge on any atom is 0.338 e. The Morgan fingerprint density at radius 3 is 0.389 bits per heavy atom. The molecule has 7 heterocycles. The first kappa shape index (κ1) is 99.5. The molecular formula is C108H114N6O12. The second-order valence-corrected chi connectivity index (χ2v) is 30.2. The van der Waals surface area contributed by atoms with Crippen LogP contribution in [0.2, 0.25) is 0 Å². The average Bonchev–Trinajstić information content (AvgIpc) is 0.865. The van der Waals surface area contributed by atoms with Gasteiger partial charge in [-0.15, -0.1) is 0 Å². The Hall–Kier alpha value is -13.6. The van der Waals surface area contributed by atoms with Crippen LogP contribution in [-0.4, -0.2) is 105 Å². The van der Waals surface area contributed by atoms with Crippen LogP contribution in [0.1, 0.15) is 335 Å². The van der Waals surface area contributed by atoms with E-state index >= 15 is 0 Å².